The Balaban J connectivity index is 2.96. The molecule has 0 aromatic heterocycles. The summed E-state index contributed by atoms with van der Waals surface area (Å²) in [5.41, 5.74) is 0.761. The third kappa shape index (κ3) is 5.83. The Morgan fingerprint density at radius 1 is 1.32 bits per heavy atom. The van der Waals surface area contributed by atoms with E-state index in [9.17, 15) is 9.35 Å². The second kappa shape index (κ2) is 8.82. The van der Waals surface area contributed by atoms with Crippen LogP contribution in [0.2, 0.25) is 0 Å². The minimum absolute atomic E-state index is 0.295. The lowest BCUT2D eigenvalue weighted by molar-refractivity contribution is -0.145. The van der Waals surface area contributed by atoms with Crippen LogP contribution in [0.1, 0.15) is 46.2 Å². The lowest BCUT2D eigenvalue weighted by atomic mass is 10.1. The fraction of sp³-hybridized carbons (Fsp3) is 0.562. The molecule has 0 heterocycles. The first-order valence-corrected chi connectivity index (χ1v) is 9.50. The van der Waals surface area contributed by atoms with Gasteiger partial charge in [0.25, 0.3) is 0 Å². The summed E-state index contributed by atoms with van der Waals surface area (Å²) in [5, 5.41) is 0. The molecule has 1 N–H and O–H groups in total. The first-order valence-electron chi connectivity index (χ1n) is 7.37. The standard InChI is InChI=1S/C16H25NO3S2/c1-6-20-15(18)14(17-22(19)16(3,4)5)12-8-10-13(11-9-12)21-7-2/h8-11,14,17H,6-7H2,1-5H3/t14?,22-/m1/s1. The average Bonchev–Trinajstić information content (AvgIpc) is 2.45. The van der Waals surface area contributed by atoms with Crippen molar-refractivity contribution in [3.05, 3.63) is 29.8 Å². The van der Waals surface area contributed by atoms with Crippen molar-refractivity contribution in [3.63, 3.8) is 0 Å². The van der Waals surface area contributed by atoms with Gasteiger partial charge in [-0.15, -0.1) is 16.5 Å². The molecule has 0 bridgehead atoms. The fourth-order valence-electron chi connectivity index (χ4n) is 1.68. The average molecular weight is 344 g/mol. The molecule has 2 atom stereocenters. The van der Waals surface area contributed by atoms with E-state index in [1.54, 1.807) is 18.7 Å². The Kier molecular flexibility index (Phi) is 7.76. The molecule has 1 aromatic rings. The normalized spacial score (nSPS) is 14.5. The topological polar surface area (TPSA) is 61.4 Å². The number of hydrogen-bond donors (Lipinski definition) is 1. The Bertz CT molecular complexity index is 471. The van der Waals surface area contributed by atoms with Crippen LogP contribution in [0.3, 0.4) is 0 Å². The number of thioether (sulfide) groups is 1. The third-order valence-electron chi connectivity index (χ3n) is 2.83. The zero-order valence-corrected chi connectivity index (χ0v) is 15.5. The maximum atomic E-state index is 12.3. The molecule has 1 unspecified atom stereocenters. The number of ether oxygens (including phenoxy) is 1. The van der Waals surface area contributed by atoms with Gasteiger partial charge in [0.2, 0.25) is 0 Å². The van der Waals surface area contributed by atoms with E-state index < -0.39 is 28.1 Å². The lowest BCUT2D eigenvalue weighted by Gasteiger charge is -2.27. The number of carbonyl (C=O) groups is 1. The number of benzene rings is 1. The van der Waals surface area contributed by atoms with Crippen LogP contribution in [0.4, 0.5) is 0 Å². The highest BCUT2D eigenvalue weighted by Crippen LogP contribution is 2.24. The summed E-state index contributed by atoms with van der Waals surface area (Å²) in [6, 6.07) is 6.98. The van der Waals surface area contributed by atoms with E-state index in [1.165, 1.54) is 0 Å². The molecule has 0 spiro atoms. The minimum Gasteiger partial charge on any atom is -0.598 e. The Morgan fingerprint density at radius 3 is 2.36 bits per heavy atom. The summed E-state index contributed by atoms with van der Waals surface area (Å²) in [5.74, 6) is 0.587. The second-order valence-electron chi connectivity index (χ2n) is 5.69. The number of carbonyl (C=O) groups excluding carboxylic acids is 1. The highest BCUT2D eigenvalue weighted by Gasteiger charge is 2.33. The van der Waals surface area contributed by atoms with Crippen molar-refractivity contribution in [3.8, 4) is 0 Å². The van der Waals surface area contributed by atoms with Gasteiger partial charge in [0.1, 0.15) is 4.75 Å². The van der Waals surface area contributed by atoms with Crippen LogP contribution in [-0.2, 0) is 20.9 Å². The van der Waals surface area contributed by atoms with Crippen LogP contribution in [0.25, 0.3) is 0 Å². The summed E-state index contributed by atoms with van der Waals surface area (Å²) >= 11 is 0.379. The van der Waals surface area contributed by atoms with E-state index in [0.29, 0.717) is 6.61 Å². The molecule has 22 heavy (non-hydrogen) atoms. The first kappa shape index (κ1) is 19.4. The zero-order chi connectivity index (χ0) is 16.8. The van der Waals surface area contributed by atoms with E-state index in [4.69, 9.17) is 4.74 Å². The molecule has 4 nitrogen and oxygen atoms in total. The van der Waals surface area contributed by atoms with Gasteiger partial charge in [-0.05, 0) is 51.1 Å². The zero-order valence-electron chi connectivity index (χ0n) is 13.8. The van der Waals surface area contributed by atoms with Crippen molar-refractivity contribution >= 4 is 29.1 Å². The smallest absolute Gasteiger partial charge is 0.332 e. The van der Waals surface area contributed by atoms with Crippen LogP contribution < -0.4 is 4.72 Å². The number of hydrogen-bond acceptors (Lipinski definition) is 5. The highest BCUT2D eigenvalue weighted by atomic mass is 32.2. The molecule has 0 saturated carbocycles. The summed E-state index contributed by atoms with van der Waals surface area (Å²) in [4.78, 5) is 13.3. The van der Waals surface area contributed by atoms with Gasteiger partial charge in [0, 0.05) is 16.3 Å². The van der Waals surface area contributed by atoms with Crippen molar-refractivity contribution in [1.82, 2.24) is 4.72 Å². The maximum Gasteiger partial charge on any atom is 0.332 e. The first-order chi connectivity index (χ1) is 10.3. The molecular formula is C16H25NO3S2. The Morgan fingerprint density at radius 2 is 1.91 bits per heavy atom. The SMILES string of the molecule is CCOC(=O)C(N[S@+]([O-])C(C)(C)C)c1ccc(SCC)cc1. The predicted molar refractivity (Wildman–Crippen MR) is 93.2 cm³/mol. The fourth-order valence-corrected chi connectivity index (χ4v) is 3.15. The van der Waals surface area contributed by atoms with Gasteiger partial charge >= 0.3 is 5.97 Å². The van der Waals surface area contributed by atoms with E-state index in [2.05, 4.69) is 11.6 Å². The van der Waals surface area contributed by atoms with E-state index in [0.717, 1.165) is 16.2 Å². The van der Waals surface area contributed by atoms with Crippen LogP contribution >= 0.6 is 11.8 Å². The number of nitrogens with one attached hydrogen (secondary N) is 1. The second-order valence-corrected chi connectivity index (χ2v) is 9.02. The van der Waals surface area contributed by atoms with Crippen LogP contribution in [0.15, 0.2) is 29.2 Å². The van der Waals surface area contributed by atoms with Gasteiger partial charge < -0.3 is 9.29 Å². The molecule has 0 amide bonds. The van der Waals surface area contributed by atoms with Gasteiger partial charge in [-0.3, -0.25) is 0 Å². The molecule has 124 valence electrons. The molecule has 0 saturated heterocycles. The molecule has 6 heteroatoms. The van der Waals surface area contributed by atoms with E-state index in [-0.39, 0.29) is 0 Å². The van der Waals surface area contributed by atoms with Crippen molar-refractivity contribution in [1.29, 1.82) is 0 Å². The van der Waals surface area contributed by atoms with E-state index >= 15 is 0 Å². The largest absolute Gasteiger partial charge is 0.598 e. The molecule has 0 radical (unpaired) electrons. The quantitative estimate of drug-likeness (QED) is 0.467. The molecule has 1 aromatic carbocycles. The van der Waals surface area contributed by atoms with E-state index in [1.807, 2.05) is 45.0 Å². The van der Waals surface area contributed by atoms with Gasteiger partial charge in [0.05, 0.1) is 6.61 Å². The number of rotatable bonds is 7. The predicted octanol–water partition coefficient (Wildman–Crippen LogP) is 3.45. The monoisotopic (exact) mass is 343 g/mol. The highest BCUT2D eigenvalue weighted by molar-refractivity contribution is 7.99. The van der Waals surface area contributed by atoms with Crippen molar-refractivity contribution in [2.24, 2.45) is 0 Å². The van der Waals surface area contributed by atoms with Crippen LogP contribution in [0.5, 0.6) is 0 Å². The summed E-state index contributed by atoms with van der Waals surface area (Å²) < 4.78 is 19.9. The summed E-state index contributed by atoms with van der Waals surface area (Å²) in [6.07, 6.45) is 0. The molecule has 0 fully saturated rings. The summed E-state index contributed by atoms with van der Waals surface area (Å²) in [7, 11) is 0. The molecular weight excluding hydrogens is 318 g/mol. The van der Waals surface area contributed by atoms with Gasteiger partial charge in [-0.2, -0.15) is 0 Å². The summed E-state index contributed by atoms with van der Waals surface area (Å²) in [6.45, 7) is 9.73. The Labute approximate surface area is 140 Å². The van der Waals surface area contributed by atoms with Gasteiger partial charge in [-0.25, -0.2) is 4.79 Å². The molecule has 0 aliphatic rings. The van der Waals surface area contributed by atoms with Crippen molar-refractivity contribution in [2.45, 2.75) is 50.3 Å². The van der Waals surface area contributed by atoms with Gasteiger partial charge in [-0.1, -0.05) is 19.1 Å². The molecule has 0 aliphatic heterocycles. The van der Waals surface area contributed by atoms with Crippen LogP contribution in [0, 0.1) is 0 Å². The van der Waals surface area contributed by atoms with Gasteiger partial charge in [0.15, 0.2) is 6.04 Å². The lowest BCUT2D eigenvalue weighted by Crippen LogP contribution is -2.44. The maximum absolute atomic E-state index is 12.3. The molecule has 1 rings (SSSR count). The third-order valence-corrected chi connectivity index (χ3v) is 5.28. The number of esters is 1. The minimum atomic E-state index is -1.36. The van der Waals surface area contributed by atoms with Crippen molar-refractivity contribution < 1.29 is 14.1 Å². The van der Waals surface area contributed by atoms with Crippen molar-refractivity contribution in [2.75, 3.05) is 12.4 Å². The Hall–Kier alpha value is -0.690. The van der Waals surface area contributed by atoms with Crippen LogP contribution in [-0.4, -0.2) is 27.6 Å². The molecule has 0 aliphatic carbocycles.